The van der Waals surface area contributed by atoms with Gasteiger partial charge in [0.25, 0.3) is 0 Å². The van der Waals surface area contributed by atoms with Crippen LogP contribution in [0.3, 0.4) is 0 Å². The van der Waals surface area contributed by atoms with Gasteiger partial charge in [0.2, 0.25) is 17.7 Å². The van der Waals surface area contributed by atoms with Crippen LogP contribution >= 0.6 is 11.6 Å². The van der Waals surface area contributed by atoms with Crippen LogP contribution in [0, 0.1) is 23.7 Å². The van der Waals surface area contributed by atoms with Crippen molar-refractivity contribution < 1.29 is 14.4 Å². The van der Waals surface area contributed by atoms with Gasteiger partial charge in [-0.25, -0.2) is 0 Å². The van der Waals surface area contributed by atoms with E-state index >= 15 is 0 Å². The van der Waals surface area contributed by atoms with Gasteiger partial charge in [0.15, 0.2) is 0 Å². The minimum atomic E-state index is -0.713. The van der Waals surface area contributed by atoms with E-state index in [1.807, 2.05) is 36.4 Å². The van der Waals surface area contributed by atoms with Gasteiger partial charge in [-0.3, -0.25) is 19.3 Å². The van der Waals surface area contributed by atoms with Crippen molar-refractivity contribution in [3.8, 4) is 0 Å². The number of hydrogen-bond acceptors (Lipinski definition) is 3. The monoisotopic (exact) mass is 434 g/mol. The van der Waals surface area contributed by atoms with Crippen molar-refractivity contribution in [1.82, 2.24) is 10.2 Å². The molecule has 1 aliphatic heterocycles. The minimum absolute atomic E-state index is 0.0176. The third-order valence-electron chi connectivity index (χ3n) is 6.79. The maximum Gasteiger partial charge on any atom is 0.234 e. The molecule has 3 aliphatic rings. The number of benzene rings is 2. The normalized spacial score (nSPS) is 26.9. The zero-order valence-corrected chi connectivity index (χ0v) is 17.7. The molecule has 2 aromatic carbocycles. The molecule has 3 amide bonds. The second-order valence-electron chi connectivity index (χ2n) is 8.55. The lowest BCUT2D eigenvalue weighted by Gasteiger charge is -2.28. The second-order valence-corrected chi connectivity index (χ2v) is 8.96. The number of rotatable bonds is 6. The predicted octanol–water partition coefficient (Wildman–Crippen LogP) is 3.89. The molecule has 2 fully saturated rings. The van der Waals surface area contributed by atoms with E-state index in [1.54, 1.807) is 18.2 Å². The summed E-state index contributed by atoms with van der Waals surface area (Å²) >= 11 is 6.45. The van der Waals surface area contributed by atoms with Crippen LogP contribution in [0.5, 0.6) is 0 Å². The molecule has 5 rings (SSSR count). The molecular formula is C25H23ClN2O3. The fraction of sp³-hybridized carbons (Fsp3) is 0.320. The summed E-state index contributed by atoms with van der Waals surface area (Å²) in [6.45, 7) is 0.385. The first-order chi connectivity index (χ1) is 15.0. The average molecular weight is 435 g/mol. The summed E-state index contributed by atoms with van der Waals surface area (Å²) in [4.78, 5) is 40.9. The van der Waals surface area contributed by atoms with Gasteiger partial charge in [-0.05, 0) is 35.4 Å². The number of nitrogens with one attached hydrogen (secondary N) is 1. The van der Waals surface area contributed by atoms with Crippen LogP contribution < -0.4 is 5.32 Å². The van der Waals surface area contributed by atoms with Gasteiger partial charge in [0.1, 0.15) is 0 Å². The first kappa shape index (κ1) is 20.0. The molecule has 5 nitrogen and oxygen atoms in total. The SMILES string of the molecule is O=C(CC(c1ccccc1Cl)N1C(=O)C2C3C=CC(C3)C2C1=O)NCc1ccccc1. The molecule has 1 saturated carbocycles. The molecule has 31 heavy (non-hydrogen) atoms. The Morgan fingerprint density at radius 1 is 0.968 bits per heavy atom. The Morgan fingerprint density at radius 3 is 2.23 bits per heavy atom. The van der Waals surface area contributed by atoms with Crippen LogP contribution in [0.25, 0.3) is 0 Å². The van der Waals surface area contributed by atoms with E-state index in [0.717, 1.165) is 12.0 Å². The molecule has 0 radical (unpaired) electrons. The number of carbonyl (C=O) groups is 3. The van der Waals surface area contributed by atoms with E-state index < -0.39 is 6.04 Å². The molecule has 2 bridgehead atoms. The molecule has 0 spiro atoms. The molecule has 2 aliphatic carbocycles. The highest BCUT2D eigenvalue weighted by Crippen LogP contribution is 2.54. The van der Waals surface area contributed by atoms with E-state index in [1.165, 1.54) is 4.90 Å². The summed E-state index contributed by atoms with van der Waals surface area (Å²) < 4.78 is 0. The van der Waals surface area contributed by atoms with Crippen molar-refractivity contribution in [3.05, 3.63) is 82.9 Å². The number of likely N-dealkylation sites (tertiary alicyclic amines) is 1. The molecule has 5 atom stereocenters. The average Bonchev–Trinajstić information content (AvgIpc) is 3.46. The van der Waals surface area contributed by atoms with Crippen molar-refractivity contribution in [2.75, 3.05) is 0 Å². The fourth-order valence-corrected chi connectivity index (χ4v) is 5.62. The summed E-state index contributed by atoms with van der Waals surface area (Å²) in [6, 6.07) is 16.0. The number of nitrogens with zero attached hydrogens (tertiary/aromatic N) is 1. The van der Waals surface area contributed by atoms with Crippen molar-refractivity contribution in [1.29, 1.82) is 0 Å². The van der Waals surface area contributed by atoms with Crippen molar-refractivity contribution >= 4 is 29.3 Å². The number of halogens is 1. The third-order valence-corrected chi connectivity index (χ3v) is 7.14. The van der Waals surface area contributed by atoms with Crippen molar-refractivity contribution in [3.63, 3.8) is 0 Å². The van der Waals surface area contributed by atoms with Gasteiger partial charge in [-0.15, -0.1) is 0 Å². The van der Waals surface area contributed by atoms with Gasteiger partial charge in [-0.1, -0.05) is 72.3 Å². The summed E-state index contributed by atoms with van der Waals surface area (Å²) in [5.74, 6) is -0.946. The maximum absolute atomic E-state index is 13.4. The van der Waals surface area contributed by atoms with E-state index in [0.29, 0.717) is 17.1 Å². The lowest BCUT2D eigenvalue weighted by molar-refractivity contribution is -0.144. The first-order valence-electron chi connectivity index (χ1n) is 10.6. The molecule has 1 saturated heterocycles. The number of fused-ring (bicyclic) bond motifs is 5. The van der Waals surface area contributed by atoms with E-state index in [2.05, 4.69) is 17.5 Å². The Balaban J connectivity index is 1.40. The lowest BCUT2D eigenvalue weighted by Crippen LogP contribution is -2.39. The van der Waals surface area contributed by atoms with Crippen LogP contribution in [0.1, 0.15) is 30.0 Å². The minimum Gasteiger partial charge on any atom is -0.352 e. The highest BCUT2D eigenvalue weighted by Gasteiger charge is 2.60. The number of amides is 3. The molecule has 2 aromatic rings. The summed E-state index contributed by atoms with van der Waals surface area (Å²) in [5, 5.41) is 3.35. The Hall–Kier alpha value is -2.92. The molecule has 158 valence electrons. The van der Waals surface area contributed by atoms with E-state index in [4.69, 9.17) is 11.6 Å². The van der Waals surface area contributed by atoms with Crippen LogP contribution in [0.2, 0.25) is 5.02 Å². The Labute approximate surface area is 186 Å². The second kappa shape index (κ2) is 7.97. The third kappa shape index (κ3) is 3.47. The number of allylic oxidation sites excluding steroid dienone is 2. The predicted molar refractivity (Wildman–Crippen MR) is 117 cm³/mol. The fourth-order valence-electron chi connectivity index (χ4n) is 5.36. The smallest absolute Gasteiger partial charge is 0.234 e. The zero-order chi connectivity index (χ0) is 21.5. The van der Waals surface area contributed by atoms with Crippen LogP contribution in [-0.4, -0.2) is 22.6 Å². The molecule has 1 heterocycles. The number of imide groups is 1. The number of hydrogen-bond donors (Lipinski definition) is 1. The first-order valence-corrected chi connectivity index (χ1v) is 11.0. The topological polar surface area (TPSA) is 66.5 Å². The molecule has 5 unspecified atom stereocenters. The zero-order valence-electron chi connectivity index (χ0n) is 16.9. The van der Waals surface area contributed by atoms with Gasteiger partial charge in [0, 0.05) is 11.6 Å². The molecular weight excluding hydrogens is 412 g/mol. The standard InChI is InChI=1S/C25H23ClN2O3/c26-19-9-5-4-8-18(19)20(13-21(29)27-14-15-6-2-1-3-7-15)28-24(30)22-16-10-11-17(12-16)23(22)25(28)31/h1-11,16-17,20,22-23H,12-14H2,(H,27,29). The van der Waals surface area contributed by atoms with E-state index in [-0.39, 0.29) is 47.8 Å². The Morgan fingerprint density at radius 2 is 1.58 bits per heavy atom. The van der Waals surface area contributed by atoms with Gasteiger partial charge in [-0.2, -0.15) is 0 Å². The Kier molecular flexibility index (Phi) is 5.14. The van der Waals surface area contributed by atoms with Crippen molar-refractivity contribution in [2.45, 2.75) is 25.4 Å². The Bertz CT molecular complexity index is 1040. The summed E-state index contributed by atoms with van der Waals surface area (Å²) in [7, 11) is 0. The quantitative estimate of drug-likeness (QED) is 0.554. The van der Waals surface area contributed by atoms with E-state index in [9.17, 15) is 14.4 Å². The van der Waals surface area contributed by atoms with Crippen molar-refractivity contribution in [2.24, 2.45) is 23.7 Å². The molecule has 0 aromatic heterocycles. The highest BCUT2D eigenvalue weighted by atomic mass is 35.5. The van der Waals surface area contributed by atoms with Gasteiger partial charge in [0.05, 0.1) is 24.3 Å². The van der Waals surface area contributed by atoms with Gasteiger partial charge < -0.3 is 5.32 Å². The van der Waals surface area contributed by atoms with Crippen LogP contribution in [0.4, 0.5) is 0 Å². The van der Waals surface area contributed by atoms with Crippen LogP contribution in [0.15, 0.2) is 66.7 Å². The summed E-state index contributed by atoms with van der Waals surface area (Å²) in [6.07, 6.45) is 4.99. The van der Waals surface area contributed by atoms with Gasteiger partial charge >= 0.3 is 0 Å². The lowest BCUT2D eigenvalue weighted by atomic mass is 9.85. The largest absolute Gasteiger partial charge is 0.352 e. The highest BCUT2D eigenvalue weighted by molar-refractivity contribution is 6.31. The summed E-state index contributed by atoms with van der Waals surface area (Å²) in [5.41, 5.74) is 1.61. The van der Waals surface area contributed by atoms with Crippen LogP contribution in [-0.2, 0) is 20.9 Å². The number of carbonyl (C=O) groups excluding carboxylic acids is 3. The molecule has 6 heteroatoms. The molecule has 1 N–H and O–H groups in total. The maximum atomic E-state index is 13.4.